The van der Waals surface area contributed by atoms with Gasteiger partial charge in [-0.3, -0.25) is 4.79 Å². The van der Waals surface area contributed by atoms with Gasteiger partial charge in [0, 0.05) is 23.9 Å². The van der Waals surface area contributed by atoms with Crippen LogP contribution in [0.3, 0.4) is 0 Å². The molecule has 5 nitrogen and oxygen atoms in total. The SMILES string of the molecule is Cc1noc(C)c1CN(C)C(=O)c1cc(N)cc(F)c1. The molecule has 1 heterocycles. The Morgan fingerprint density at radius 3 is 2.65 bits per heavy atom. The lowest BCUT2D eigenvalue weighted by Crippen LogP contribution is -2.26. The first-order chi connectivity index (χ1) is 9.38. The average molecular weight is 277 g/mol. The zero-order valence-electron chi connectivity index (χ0n) is 11.6. The molecular weight excluding hydrogens is 261 g/mol. The number of hydrogen-bond donors (Lipinski definition) is 1. The highest BCUT2D eigenvalue weighted by molar-refractivity contribution is 5.94. The van der Waals surface area contributed by atoms with Gasteiger partial charge in [0.1, 0.15) is 11.6 Å². The van der Waals surface area contributed by atoms with Crippen molar-refractivity contribution >= 4 is 11.6 Å². The van der Waals surface area contributed by atoms with E-state index >= 15 is 0 Å². The maximum absolute atomic E-state index is 13.3. The number of rotatable bonds is 3. The molecule has 106 valence electrons. The van der Waals surface area contributed by atoms with E-state index in [4.69, 9.17) is 10.3 Å². The molecule has 0 unspecified atom stereocenters. The van der Waals surface area contributed by atoms with E-state index in [1.165, 1.54) is 23.1 Å². The number of hydrogen-bond acceptors (Lipinski definition) is 4. The van der Waals surface area contributed by atoms with Crippen LogP contribution in [-0.2, 0) is 6.54 Å². The predicted molar refractivity (Wildman–Crippen MR) is 72.6 cm³/mol. The highest BCUT2D eigenvalue weighted by Gasteiger charge is 2.17. The summed E-state index contributed by atoms with van der Waals surface area (Å²) in [5.41, 5.74) is 7.58. The van der Waals surface area contributed by atoms with E-state index in [9.17, 15) is 9.18 Å². The molecule has 1 aromatic carbocycles. The zero-order chi connectivity index (χ0) is 14.9. The minimum absolute atomic E-state index is 0.219. The third-order valence-electron chi connectivity index (χ3n) is 3.09. The highest BCUT2D eigenvalue weighted by Crippen LogP contribution is 2.17. The molecule has 0 atom stereocenters. The third-order valence-corrected chi connectivity index (χ3v) is 3.09. The van der Waals surface area contributed by atoms with Crippen molar-refractivity contribution in [2.24, 2.45) is 0 Å². The van der Waals surface area contributed by atoms with Crippen molar-refractivity contribution in [1.29, 1.82) is 0 Å². The minimum Gasteiger partial charge on any atom is -0.399 e. The van der Waals surface area contributed by atoms with Crippen molar-refractivity contribution in [2.75, 3.05) is 12.8 Å². The van der Waals surface area contributed by atoms with Crippen LogP contribution in [0.1, 0.15) is 27.4 Å². The molecule has 2 rings (SSSR count). The van der Waals surface area contributed by atoms with Gasteiger partial charge in [0.25, 0.3) is 5.91 Å². The molecule has 0 fully saturated rings. The smallest absolute Gasteiger partial charge is 0.254 e. The summed E-state index contributed by atoms with van der Waals surface area (Å²) in [5.74, 6) is -0.170. The Kier molecular flexibility index (Phi) is 3.74. The van der Waals surface area contributed by atoms with E-state index in [2.05, 4.69) is 5.16 Å². The maximum Gasteiger partial charge on any atom is 0.254 e. The molecule has 0 aliphatic rings. The standard InChI is InChI=1S/C14H16FN3O2/c1-8-13(9(2)20-17-8)7-18(3)14(19)10-4-11(15)6-12(16)5-10/h4-6H,7,16H2,1-3H3. The number of nitrogens with two attached hydrogens (primary N) is 1. The molecule has 0 aliphatic carbocycles. The minimum atomic E-state index is -0.529. The van der Waals surface area contributed by atoms with Crippen molar-refractivity contribution < 1.29 is 13.7 Å². The fraction of sp³-hybridized carbons (Fsp3) is 0.286. The molecule has 0 bridgehead atoms. The summed E-state index contributed by atoms with van der Waals surface area (Å²) >= 11 is 0. The Hall–Kier alpha value is -2.37. The number of carbonyl (C=O) groups excluding carboxylic acids is 1. The zero-order valence-corrected chi connectivity index (χ0v) is 11.6. The van der Waals surface area contributed by atoms with Gasteiger partial charge in [0.15, 0.2) is 0 Å². The van der Waals surface area contributed by atoms with Crippen LogP contribution in [0.25, 0.3) is 0 Å². The third kappa shape index (κ3) is 2.79. The Balaban J connectivity index is 2.20. The van der Waals surface area contributed by atoms with Crippen molar-refractivity contribution in [2.45, 2.75) is 20.4 Å². The molecule has 1 aromatic heterocycles. The topological polar surface area (TPSA) is 72.4 Å². The van der Waals surface area contributed by atoms with Gasteiger partial charge < -0.3 is 15.2 Å². The van der Waals surface area contributed by atoms with Gasteiger partial charge in [-0.25, -0.2) is 4.39 Å². The number of nitrogens with zero attached hydrogens (tertiary/aromatic N) is 2. The Labute approximate surface area is 116 Å². The van der Waals surface area contributed by atoms with E-state index in [1.807, 2.05) is 6.92 Å². The Morgan fingerprint density at radius 2 is 2.10 bits per heavy atom. The first-order valence-corrected chi connectivity index (χ1v) is 6.11. The number of anilines is 1. The molecule has 0 aliphatic heterocycles. The van der Waals surface area contributed by atoms with E-state index in [0.29, 0.717) is 12.3 Å². The molecular formula is C14H16FN3O2. The van der Waals surface area contributed by atoms with Crippen LogP contribution in [0, 0.1) is 19.7 Å². The monoisotopic (exact) mass is 277 g/mol. The summed E-state index contributed by atoms with van der Waals surface area (Å²) in [6.07, 6.45) is 0. The molecule has 2 N–H and O–H groups in total. The number of amides is 1. The quantitative estimate of drug-likeness (QED) is 0.874. The lowest BCUT2D eigenvalue weighted by Gasteiger charge is -2.17. The summed E-state index contributed by atoms with van der Waals surface area (Å²) in [6, 6.07) is 3.79. The molecule has 6 heteroatoms. The van der Waals surface area contributed by atoms with Gasteiger partial charge in [-0.1, -0.05) is 5.16 Å². The van der Waals surface area contributed by atoms with Gasteiger partial charge in [-0.15, -0.1) is 0 Å². The lowest BCUT2D eigenvalue weighted by atomic mass is 10.1. The number of aromatic nitrogens is 1. The number of halogens is 1. The van der Waals surface area contributed by atoms with Crippen molar-refractivity contribution in [1.82, 2.24) is 10.1 Å². The lowest BCUT2D eigenvalue weighted by molar-refractivity contribution is 0.0784. The highest BCUT2D eigenvalue weighted by atomic mass is 19.1. The van der Waals surface area contributed by atoms with Crippen LogP contribution in [0.2, 0.25) is 0 Å². The first kappa shape index (κ1) is 14.0. The van der Waals surface area contributed by atoms with E-state index in [1.54, 1.807) is 14.0 Å². The fourth-order valence-electron chi connectivity index (χ4n) is 1.99. The molecule has 0 saturated carbocycles. The fourth-order valence-corrected chi connectivity index (χ4v) is 1.99. The summed E-state index contributed by atoms with van der Waals surface area (Å²) in [7, 11) is 1.63. The van der Waals surface area contributed by atoms with Crippen LogP contribution in [0.4, 0.5) is 10.1 Å². The van der Waals surface area contributed by atoms with Gasteiger partial charge in [-0.05, 0) is 32.0 Å². The maximum atomic E-state index is 13.3. The summed E-state index contributed by atoms with van der Waals surface area (Å²) in [6.45, 7) is 3.94. The van der Waals surface area contributed by atoms with Crippen molar-refractivity contribution in [3.05, 3.63) is 46.6 Å². The van der Waals surface area contributed by atoms with Crippen LogP contribution in [0.15, 0.2) is 22.7 Å². The number of nitrogen functional groups attached to an aromatic ring is 1. The Bertz CT molecular complexity index is 612. The Morgan fingerprint density at radius 1 is 1.40 bits per heavy atom. The van der Waals surface area contributed by atoms with Gasteiger partial charge in [0.05, 0.1) is 12.2 Å². The molecule has 2 aromatic rings. The molecule has 0 radical (unpaired) electrons. The van der Waals surface area contributed by atoms with E-state index < -0.39 is 5.82 Å². The molecule has 1 amide bonds. The van der Waals surface area contributed by atoms with Crippen LogP contribution in [-0.4, -0.2) is 23.0 Å². The van der Waals surface area contributed by atoms with E-state index in [0.717, 1.165) is 11.3 Å². The first-order valence-electron chi connectivity index (χ1n) is 6.11. The van der Waals surface area contributed by atoms with Gasteiger partial charge in [0.2, 0.25) is 0 Å². The predicted octanol–water partition coefficient (Wildman–Crippen LogP) is 2.28. The van der Waals surface area contributed by atoms with Gasteiger partial charge >= 0.3 is 0 Å². The van der Waals surface area contributed by atoms with Crippen LogP contribution >= 0.6 is 0 Å². The number of benzene rings is 1. The summed E-state index contributed by atoms with van der Waals surface area (Å²) in [5, 5.41) is 3.84. The number of aryl methyl sites for hydroxylation is 2. The molecule has 20 heavy (non-hydrogen) atoms. The van der Waals surface area contributed by atoms with Crippen molar-refractivity contribution in [3.8, 4) is 0 Å². The second-order valence-electron chi connectivity index (χ2n) is 4.74. The average Bonchev–Trinajstić information content (AvgIpc) is 2.68. The van der Waals surface area contributed by atoms with Crippen LogP contribution < -0.4 is 5.73 Å². The van der Waals surface area contributed by atoms with Crippen molar-refractivity contribution in [3.63, 3.8) is 0 Å². The summed E-state index contributed by atoms with van der Waals surface area (Å²) in [4.78, 5) is 13.7. The normalized spacial score (nSPS) is 10.6. The van der Waals surface area contributed by atoms with Crippen LogP contribution in [0.5, 0.6) is 0 Å². The second-order valence-corrected chi connectivity index (χ2v) is 4.74. The second kappa shape index (κ2) is 5.32. The molecule has 0 spiro atoms. The largest absolute Gasteiger partial charge is 0.399 e. The molecule has 0 saturated heterocycles. The summed E-state index contributed by atoms with van der Waals surface area (Å²) < 4.78 is 18.3. The van der Waals surface area contributed by atoms with E-state index in [-0.39, 0.29) is 17.2 Å². The number of carbonyl (C=O) groups is 1. The van der Waals surface area contributed by atoms with Gasteiger partial charge in [-0.2, -0.15) is 0 Å².